The molecule has 0 aromatic heterocycles. The SMILES string of the molecule is COc1cc(Cl)cc(CN2CC[C@@]3(CO)CCCN(C)[C@@H]3C2)c1OC(C)C. The van der Waals surface area contributed by atoms with Gasteiger partial charge < -0.3 is 19.5 Å². The molecule has 0 spiro atoms. The molecule has 2 aliphatic heterocycles. The summed E-state index contributed by atoms with van der Waals surface area (Å²) in [5.74, 6) is 1.47. The number of piperidine rings is 2. The van der Waals surface area contributed by atoms with Gasteiger partial charge in [0.2, 0.25) is 0 Å². The second-order valence-electron chi connectivity index (χ2n) is 8.37. The van der Waals surface area contributed by atoms with Gasteiger partial charge in [-0.1, -0.05) is 11.6 Å². The van der Waals surface area contributed by atoms with E-state index < -0.39 is 0 Å². The van der Waals surface area contributed by atoms with E-state index in [1.165, 1.54) is 6.42 Å². The van der Waals surface area contributed by atoms with Gasteiger partial charge in [0.15, 0.2) is 11.5 Å². The van der Waals surface area contributed by atoms with E-state index in [0.29, 0.717) is 16.8 Å². The molecule has 6 heteroatoms. The van der Waals surface area contributed by atoms with Gasteiger partial charge in [0.1, 0.15) is 0 Å². The molecule has 2 saturated heterocycles. The fraction of sp³-hybridized carbons (Fsp3) is 0.714. The number of benzene rings is 1. The lowest BCUT2D eigenvalue weighted by atomic mass is 9.69. The first-order valence-corrected chi connectivity index (χ1v) is 10.3. The molecule has 2 aliphatic rings. The van der Waals surface area contributed by atoms with E-state index in [9.17, 15) is 5.11 Å². The van der Waals surface area contributed by atoms with Crippen LogP contribution in [0.1, 0.15) is 38.7 Å². The Morgan fingerprint density at radius 2 is 2.07 bits per heavy atom. The van der Waals surface area contributed by atoms with Crippen molar-refractivity contribution in [1.29, 1.82) is 0 Å². The summed E-state index contributed by atoms with van der Waals surface area (Å²) in [5, 5.41) is 10.8. The Bertz CT molecular complexity index is 655. The highest BCUT2D eigenvalue weighted by Crippen LogP contribution is 2.43. The van der Waals surface area contributed by atoms with Gasteiger partial charge in [-0.3, -0.25) is 4.90 Å². The average Bonchev–Trinajstić information content (AvgIpc) is 2.64. The molecule has 0 aliphatic carbocycles. The lowest BCUT2D eigenvalue weighted by Crippen LogP contribution is -2.61. The minimum Gasteiger partial charge on any atom is -0.493 e. The van der Waals surface area contributed by atoms with Crippen molar-refractivity contribution in [1.82, 2.24) is 9.80 Å². The van der Waals surface area contributed by atoms with E-state index in [1.54, 1.807) is 7.11 Å². The number of methoxy groups -OCH3 is 1. The number of aliphatic hydroxyl groups excluding tert-OH is 1. The predicted octanol–water partition coefficient (Wildman–Crippen LogP) is 3.41. The van der Waals surface area contributed by atoms with Crippen LogP contribution in [0.3, 0.4) is 0 Å². The molecule has 5 nitrogen and oxygen atoms in total. The molecule has 3 rings (SSSR count). The number of hydrogen-bond donors (Lipinski definition) is 1. The topological polar surface area (TPSA) is 45.2 Å². The summed E-state index contributed by atoms with van der Waals surface area (Å²) in [4.78, 5) is 4.88. The molecule has 2 heterocycles. The third kappa shape index (κ3) is 4.37. The molecule has 0 bridgehead atoms. The normalized spacial score (nSPS) is 26.9. The van der Waals surface area contributed by atoms with Crippen molar-refractivity contribution >= 4 is 11.6 Å². The van der Waals surface area contributed by atoms with Crippen LogP contribution in [0.25, 0.3) is 0 Å². The lowest BCUT2D eigenvalue weighted by Gasteiger charge is -2.53. The van der Waals surface area contributed by atoms with Crippen LogP contribution in [0.2, 0.25) is 5.02 Å². The monoisotopic (exact) mass is 396 g/mol. The molecule has 1 aromatic rings. The maximum atomic E-state index is 10.1. The third-order valence-corrected chi connectivity index (χ3v) is 6.38. The fourth-order valence-corrected chi connectivity index (χ4v) is 4.95. The van der Waals surface area contributed by atoms with Crippen LogP contribution in [-0.2, 0) is 6.54 Å². The molecule has 152 valence electrons. The Morgan fingerprint density at radius 3 is 2.74 bits per heavy atom. The molecular weight excluding hydrogens is 364 g/mol. The van der Waals surface area contributed by atoms with Gasteiger partial charge in [0, 0.05) is 41.2 Å². The number of halogens is 1. The van der Waals surface area contributed by atoms with Gasteiger partial charge in [-0.2, -0.15) is 0 Å². The number of fused-ring (bicyclic) bond motifs is 1. The van der Waals surface area contributed by atoms with Crippen LogP contribution in [0, 0.1) is 5.41 Å². The van der Waals surface area contributed by atoms with E-state index in [-0.39, 0.29) is 18.1 Å². The van der Waals surface area contributed by atoms with Crippen LogP contribution < -0.4 is 9.47 Å². The third-order valence-electron chi connectivity index (χ3n) is 6.16. The Kier molecular flexibility index (Phi) is 6.57. The number of aliphatic hydroxyl groups is 1. The Labute approximate surface area is 168 Å². The average molecular weight is 397 g/mol. The van der Waals surface area contributed by atoms with Gasteiger partial charge in [0.05, 0.1) is 19.8 Å². The van der Waals surface area contributed by atoms with E-state index in [0.717, 1.165) is 50.3 Å². The molecule has 0 amide bonds. The second-order valence-corrected chi connectivity index (χ2v) is 8.80. The van der Waals surface area contributed by atoms with E-state index >= 15 is 0 Å². The number of nitrogens with zero attached hydrogens (tertiary/aromatic N) is 2. The maximum absolute atomic E-state index is 10.1. The van der Waals surface area contributed by atoms with Crippen molar-refractivity contribution in [3.63, 3.8) is 0 Å². The standard InChI is InChI=1S/C21H33ClN2O3/c1-15(2)27-20-16(10-17(22)11-18(20)26-4)12-24-9-7-21(14-25)6-5-8-23(3)19(21)13-24/h10-11,15,19,25H,5-9,12-14H2,1-4H3/t19-,21-/m1/s1. The molecule has 0 radical (unpaired) electrons. The smallest absolute Gasteiger partial charge is 0.166 e. The molecule has 1 N–H and O–H groups in total. The highest BCUT2D eigenvalue weighted by Gasteiger charge is 2.46. The number of hydrogen-bond acceptors (Lipinski definition) is 5. The first kappa shape index (κ1) is 20.7. The second kappa shape index (κ2) is 8.56. The van der Waals surface area contributed by atoms with Crippen molar-refractivity contribution in [2.75, 3.05) is 40.4 Å². The van der Waals surface area contributed by atoms with E-state index in [1.807, 2.05) is 26.0 Å². The van der Waals surface area contributed by atoms with Gasteiger partial charge in [-0.15, -0.1) is 0 Å². The molecular formula is C21H33ClN2O3. The zero-order valence-corrected chi connectivity index (χ0v) is 17.8. The van der Waals surface area contributed by atoms with Crippen molar-refractivity contribution in [2.24, 2.45) is 5.41 Å². The van der Waals surface area contributed by atoms with Gasteiger partial charge in [0.25, 0.3) is 0 Å². The maximum Gasteiger partial charge on any atom is 0.166 e. The van der Waals surface area contributed by atoms with Crippen LogP contribution in [-0.4, -0.2) is 67.5 Å². The fourth-order valence-electron chi connectivity index (χ4n) is 4.72. The van der Waals surface area contributed by atoms with Crippen LogP contribution in [0.4, 0.5) is 0 Å². The summed E-state index contributed by atoms with van der Waals surface area (Å²) in [6.45, 7) is 8.12. The summed E-state index contributed by atoms with van der Waals surface area (Å²) >= 11 is 6.34. The zero-order chi connectivity index (χ0) is 19.6. The molecule has 0 unspecified atom stereocenters. The Hall–Kier alpha value is -1.01. The summed E-state index contributed by atoms with van der Waals surface area (Å²) in [6, 6.07) is 4.19. The van der Waals surface area contributed by atoms with Crippen LogP contribution >= 0.6 is 11.6 Å². The predicted molar refractivity (Wildman–Crippen MR) is 109 cm³/mol. The van der Waals surface area contributed by atoms with Crippen molar-refractivity contribution < 1.29 is 14.6 Å². The molecule has 2 atom stereocenters. The van der Waals surface area contributed by atoms with Crippen molar-refractivity contribution in [2.45, 2.75) is 51.8 Å². The molecule has 0 saturated carbocycles. The van der Waals surface area contributed by atoms with E-state index in [2.05, 4.69) is 16.8 Å². The molecule has 1 aromatic carbocycles. The number of ether oxygens (including phenoxy) is 2. The minimum absolute atomic E-state index is 0.0484. The summed E-state index contributed by atoms with van der Waals surface area (Å²) in [6.07, 6.45) is 3.38. The molecule has 2 fully saturated rings. The molecule has 27 heavy (non-hydrogen) atoms. The number of rotatable bonds is 6. The Morgan fingerprint density at radius 1 is 1.30 bits per heavy atom. The lowest BCUT2D eigenvalue weighted by molar-refractivity contribution is -0.0686. The summed E-state index contributed by atoms with van der Waals surface area (Å²) in [7, 11) is 3.84. The first-order valence-electron chi connectivity index (χ1n) is 9.95. The zero-order valence-electron chi connectivity index (χ0n) is 17.0. The Balaban J connectivity index is 1.82. The number of likely N-dealkylation sites (N-methyl/N-ethyl adjacent to an activating group) is 1. The van der Waals surface area contributed by atoms with Gasteiger partial charge in [-0.05, 0) is 59.3 Å². The van der Waals surface area contributed by atoms with Crippen molar-refractivity contribution in [3.8, 4) is 11.5 Å². The largest absolute Gasteiger partial charge is 0.493 e. The minimum atomic E-state index is 0.0484. The first-order chi connectivity index (χ1) is 12.9. The van der Waals surface area contributed by atoms with Crippen molar-refractivity contribution in [3.05, 3.63) is 22.7 Å². The van der Waals surface area contributed by atoms with E-state index in [4.69, 9.17) is 21.1 Å². The highest BCUT2D eigenvalue weighted by molar-refractivity contribution is 6.30. The van der Waals surface area contributed by atoms with Crippen LogP contribution in [0.5, 0.6) is 11.5 Å². The summed E-state index contributed by atoms with van der Waals surface area (Å²) in [5.41, 5.74) is 1.11. The van der Waals surface area contributed by atoms with Gasteiger partial charge >= 0.3 is 0 Å². The highest BCUT2D eigenvalue weighted by atomic mass is 35.5. The quantitative estimate of drug-likeness (QED) is 0.798. The summed E-state index contributed by atoms with van der Waals surface area (Å²) < 4.78 is 11.6. The number of likely N-dealkylation sites (tertiary alicyclic amines) is 2. The van der Waals surface area contributed by atoms with Gasteiger partial charge in [-0.25, -0.2) is 0 Å². The van der Waals surface area contributed by atoms with Crippen LogP contribution in [0.15, 0.2) is 12.1 Å².